The van der Waals surface area contributed by atoms with Crippen LogP contribution >= 0.6 is 11.3 Å². The van der Waals surface area contributed by atoms with E-state index in [-0.39, 0.29) is 11.8 Å². The smallest absolute Gasteiger partial charge is 0.273 e. The van der Waals surface area contributed by atoms with Gasteiger partial charge in [0.2, 0.25) is 5.91 Å². The van der Waals surface area contributed by atoms with Gasteiger partial charge in [0.15, 0.2) is 11.5 Å². The molecular formula is C17H19N3O3S. The number of nitrogens with zero attached hydrogens (tertiary/aromatic N) is 2. The van der Waals surface area contributed by atoms with Crippen molar-refractivity contribution in [2.24, 2.45) is 0 Å². The second kappa shape index (κ2) is 6.39. The van der Waals surface area contributed by atoms with Crippen molar-refractivity contribution in [3.05, 3.63) is 27.6 Å². The number of aryl methyl sites for hydroxylation is 1. The Morgan fingerprint density at radius 1 is 1.38 bits per heavy atom. The number of hydrogen-bond acceptors (Lipinski definition) is 5. The molecular weight excluding hydrogens is 326 g/mol. The van der Waals surface area contributed by atoms with Crippen LogP contribution in [-0.4, -0.2) is 41.5 Å². The van der Waals surface area contributed by atoms with Gasteiger partial charge in [0.05, 0.1) is 0 Å². The fourth-order valence-corrected chi connectivity index (χ4v) is 4.28. The van der Waals surface area contributed by atoms with Crippen LogP contribution in [0.2, 0.25) is 0 Å². The molecule has 0 unspecified atom stereocenters. The zero-order chi connectivity index (χ0) is 16.5. The van der Waals surface area contributed by atoms with Gasteiger partial charge in [0.25, 0.3) is 5.91 Å². The largest absolute Gasteiger partial charge is 0.355 e. The first-order chi connectivity index (χ1) is 11.7. The van der Waals surface area contributed by atoms with Crippen molar-refractivity contribution in [2.75, 3.05) is 19.6 Å². The Kier molecular flexibility index (Phi) is 4.10. The standard InChI is InChI=1S/C17H19N3O3S/c21-14-3-1-8-20(14)9-2-7-18-17(22)15-12-4-5-13-11(6-10-24-13)16(12)23-19-15/h6,10H,1-5,7-9H2,(H,18,22). The van der Waals surface area contributed by atoms with Gasteiger partial charge >= 0.3 is 0 Å². The lowest BCUT2D eigenvalue weighted by molar-refractivity contribution is -0.127. The van der Waals surface area contributed by atoms with E-state index in [1.807, 2.05) is 16.3 Å². The molecule has 0 saturated carbocycles. The van der Waals surface area contributed by atoms with E-state index in [0.717, 1.165) is 49.1 Å². The molecule has 0 radical (unpaired) electrons. The molecule has 2 aromatic rings. The third-order valence-corrected chi connectivity index (χ3v) is 5.64. The lowest BCUT2D eigenvalue weighted by atomic mass is 9.95. The zero-order valence-electron chi connectivity index (χ0n) is 13.3. The Bertz CT molecular complexity index is 780. The van der Waals surface area contributed by atoms with E-state index in [2.05, 4.69) is 10.5 Å². The topological polar surface area (TPSA) is 75.4 Å². The number of hydrogen-bond donors (Lipinski definition) is 1. The normalized spacial score (nSPS) is 16.2. The second-order valence-electron chi connectivity index (χ2n) is 6.19. The van der Waals surface area contributed by atoms with E-state index < -0.39 is 0 Å². The van der Waals surface area contributed by atoms with E-state index in [0.29, 0.717) is 25.2 Å². The maximum atomic E-state index is 12.4. The van der Waals surface area contributed by atoms with Gasteiger partial charge in [-0.2, -0.15) is 0 Å². The number of nitrogens with one attached hydrogen (secondary N) is 1. The molecule has 24 heavy (non-hydrogen) atoms. The minimum Gasteiger partial charge on any atom is -0.355 e. The summed E-state index contributed by atoms with van der Waals surface area (Å²) in [5, 5.41) is 8.94. The maximum Gasteiger partial charge on any atom is 0.273 e. The SMILES string of the molecule is O=C(NCCCN1CCCC1=O)c1noc2c1CCc1sccc1-2. The zero-order valence-corrected chi connectivity index (χ0v) is 14.2. The van der Waals surface area contributed by atoms with Crippen LogP contribution in [0, 0.1) is 0 Å². The quantitative estimate of drug-likeness (QED) is 0.843. The predicted octanol–water partition coefficient (Wildman–Crippen LogP) is 2.24. The molecule has 126 valence electrons. The lowest BCUT2D eigenvalue weighted by Gasteiger charge is -2.15. The molecule has 3 heterocycles. The van der Waals surface area contributed by atoms with Crippen molar-refractivity contribution in [1.29, 1.82) is 0 Å². The fraction of sp³-hybridized carbons (Fsp3) is 0.471. The lowest BCUT2D eigenvalue weighted by Crippen LogP contribution is -2.31. The molecule has 1 fully saturated rings. The summed E-state index contributed by atoms with van der Waals surface area (Å²) in [5.41, 5.74) is 2.38. The van der Waals surface area contributed by atoms with E-state index in [9.17, 15) is 9.59 Å². The van der Waals surface area contributed by atoms with E-state index >= 15 is 0 Å². The first-order valence-electron chi connectivity index (χ1n) is 8.35. The van der Waals surface area contributed by atoms with Gasteiger partial charge in [0, 0.05) is 42.1 Å². The van der Waals surface area contributed by atoms with Crippen LogP contribution in [0.25, 0.3) is 11.3 Å². The minimum absolute atomic E-state index is 0.188. The van der Waals surface area contributed by atoms with E-state index in [1.165, 1.54) is 4.88 Å². The van der Waals surface area contributed by atoms with Crippen molar-refractivity contribution >= 4 is 23.2 Å². The third-order valence-electron chi connectivity index (χ3n) is 4.66. The molecule has 0 atom stereocenters. The van der Waals surface area contributed by atoms with Crippen LogP contribution in [0.1, 0.15) is 40.2 Å². The van der Waals surface area contributed by atoms with Gasteiger partial charge in [-0.1, -0.05) is 5.16 Å². The number of amides is 2. The number of likely N-dealkylation sites (tertiary alicyclic amines) is 1. The Hall–Kier alpha value is -2.15. The number of fused-ring (bicyclic) bond motifs is 3. The average molecular weight is 345 g/mol. The first kappa shape index (κ1) is 15.4. The molecule has 1 aliphatic heterocycles. The van der Waals surface area contributed by atoms with Gasteiger partial charge in [-0.25, -0.2) is 0 Å². The van der Waals surface area contributed by atoms with Crippen molar-refractivity contribution in [3.63, 3.8) is 0 Å². The molecule has 1 N–H and O–H groups in total. The molecule has 4 rings (SSSR count). The molecule has 7 heteroatoms. The summed E-state index contributed by atoms with van der Waals surface area (Å²) in [6, 6.07) is 2.03. The highest BCUT2D eigenvalue weighted by Crippen LogP contribution is 2.37. The van der Waals surface area contributed by atoms with Crippen molar-refractivity contribution < 1.29 is 14.1 Å². The Balaban J connectivity index is 1.35. The van der Waals surface area contributed by atoms with Crippen LogP contribution in [0.4, 0.5) is 0 Å². The summed E-state index contributed by atoms with van der Waals surface area (Å²) in [6.45, 7) is 2.08. The monoisotopic (exact) mass is 345 g/mol. The van der Waals surface area contributed by atoms with Gasteiger partial charge < -0.3 is 14.7 Å². The molecule has 2 aliphatic rings. The van der Waals surface area contributed by atoms with Crippen molar-refractivity contribution in [3.8, 4) is 11.3 Å². The summed E-state index contributed by atoms with van der Waals surface area (Å²) in [7, 11) is 0. The summed E-state index contributed by atoms with van der Waals surface area (Å²) < 4.78 is 5.44. The predicted molar refractivity (Wildman–Crippen MR) is 90.0 cm³/mol. The third kappa shape index (κ3) is 2.73. The van der Waals surface area contributed by atoms with Crippen LogP contribution < -0.4 is 5.32 Å². The summed E-state index contributed by atoms with van der Waals surface area (Å²) >= 11 is 1.72. The molecule has 0 bridgehead atoms. The Morgan fingerprint density at radius 3 is 3.12 bits per heavy atom. The van der Waals surface area contributed by atoms with Gasteiger partial charge in [-0.05, 0) is 37.1 Å². The maximum absolute atomic E-state index is 12.4. The number of aromatic nitrogens is 1. The molecule has 0 aromatic carbocycles. The van der Waals surface area contributed by atoms with Crippen LogP contribution in [-0.2, 0) is 17.6 Å². The van der Waals surface area contributed by atoms with Gasteiger partial charge in [0.1, 0.15) is 0 Å². The second-order valence-corrected chi connectivity index (χ2v) is 7.19. The molecule has 2 amide bonds. The average Bonchev–Trinajstić information content (AvgIpc) is 3.29. The fourth-order valence-electron chi connectivity index (χ4n) is 3.40. The number of carbonyl (C=O) groups is 2. The Morgan fingerprint density at radius 2 is 2.29 bits per heavy atom. The van der Waals surface area contributed by atoms with Gasteiger partial charge in [-0.15, -0.1) is 11.3 Å². The van der Waals surface area contributed by atoms with Crippen LogP contribution in [0.3, 0.4) is 0 Å². The van der Waals surface area contributed by atoms with Crippen molar-refractivity contribution in [2.45, 2.75) is 32.1 Å². The molecule has 1 saturated heterocycles. The Labute approximate surface area is 143 Å². The molecule has 6 nitrogen and oxygen atoms in total. The summed E-state index contributed by atoms with van der Waals surface area (Å²) in [5.74, 6) is 0.773. The highest BCUT2D eigenvalue weighted by Gasteiger charge is 2.28. The number of thiophene rings is 1. The highest BCUT2D eigenvalue weighted by molar-refractivity contribution is 7.10. The van der Waals surface area contributed by atoms with Crippen molar-refractivity contribution in [1.82, 2.24) is 15.4 Å². The van der Waals surface area contributed by atoms with E-state index in [4.69, 9.17) is 4.52 Å². The molecule has 1 aliphatic carbocycles. The van der Waals surface area contributed by atoms with Gasteiger partial charge in [-0.3, -0.25) is 9.59 Å². The number of carbonyl (C=O) groups excluding carboxylic acids is 2. The first-order valence-corrected chi connectivity index (χ1v) is 9.23. The molecule has 0 spiro atoms. The number of rotatable bonds is 5. The molecule has 2 aromatic heterocycles. The summed E-state index contributed by atoms with van der Waals surface area (Å²) in [4.78, 5) is 27.1. The minimum atomic E-state index is -0.188. The van der Waals surface area contributed by atoms with Crippen LogP contribution in [0.5, 0.6) is 0 Å². The van der Waals surface area contributed by atoms with Crippen LogP contribution in [0.15, 0.2) is 16.0 Å². The highest BCUT2D eigenvalue weighted by atomic mass is 32.1. The summed E-state index contributed by atoms with van der Waals surface area (Å²) in [6.07, 6.45) is 4.07. The van der Waals surface area contributed by atoms with E-state index in [1.54, 1.807) is 11.3 Å².